The van der Waals surface area contributed by atoms with Crippen LogP contribution in [0.4, 0.5) is 0 Å². The van der Waals surface area contributed by atoms with Crippen LogP contribution in [0, 0.1) is 20.8 Å². The van der Waals surface area contributed by atoms with Crippen LogP contribution in [0.25, 0.3) is 16.5 Å². The molecule has 1 saturated heterocycles. The van der Waals surface area contributed by atoms with Gasteiger partial charge in [0.25, 0.3) is 0 Å². The summed E-state index contributed by atoms with van der Waals surface area (Å²) in [5.74, 6) is 1.71. The summed E-state index contributed by atoms with van der Waals surface area (Å²) in [6.07, 6.45) is 1.82. The summed E-state index contributed by atoms with van der Waals surface area (Å²) in [5.41, 5.74) is 4.79. The molecule has 2 aromatic rings. The van der Waals surface area contributed by atoms with Crippen LogP contribution in [-0.2, 0) is 9.53 Å². The van der Waals surface area contributed by atoms with Gasteiger partial charge in [0.2, 0.25) is 5.91 Å². The Morgan fingerprint density at radius 2 is 1.86 bits per heavy atom. The average molecular weight is 386 g/mol. The lowest BCUT2D eigenvalue weighted by atomic mass is 9.98. The number of allylic oxidation sites excluding steroid dienone is 1. The predicted molar refractivity (Wildman–Crippen MR) is 112 cm³/mol. The molecule has 0 spiro atoms. The highest BCUT2D eigenvalue weighted by Crippen LogP contribution is 2.39. The van der Waals surface area contributed by atoms with Gasteiger partial charge in [-0.1, -0.05) is 0 Å². The molecule has 0 N–H and O–H groups in total. The van der Waals surface area contributed by atoms with Crippen LogP contribution in [0.5, 0.6) is 5.75 Å². The molecule has 2 unspecified atom stereocenters. The number of hydrogen-bond donors (Lipinski definition) is 0. The van der Waals surface area contributed by atoms with Crippen LogP contribution in [0.2, 0.25) is 0 Å². The largest absolute Gasteiger partial charge is 0.493 e. The molecule has 152 valence electrons. The van der Waals surface area contributed by atoms with Crippen molar-refractivity contribution < 1.29 is 18.7 Å². The zero-order valence-electron chi connectivity index (χ0n) is 18.0. The molecular weight excluding hydrogens is 354 g/mol. The molecule has 1 amide bonds. The standard InChI is InChI=1S/C23H31NO4/c1-8-26-22-17(6)23-20(16(5)18(7)28-23)10-19(22)13(2)9-21(25)24-11-14(3)27-15(4)12-24/h9-10,14-15H,8,11-12H2,1-7H3/b13-9+. The van der Waals surface area contributed by atoms with Crippen molar-refractivity contribution in [1.29, 1.82) is 0 Å². The van der Waals surface area contributed by atoms with E-state index in [-0.39, 0.29) is 18.1 Å². The minimum Gasteiger partial charge on any atom is -0.493 e. The van der Waals surface area contributed by atoms with Gasteiger partial charge >= 0.3 is 0 Å². The van der Waals surface area contributed by atoms with E-state index in [1.807, 2.05) is 46.4 Å². The van der Waals surface area contributed by atoms with Crippen molar-refractivity contribution in [3.8, 4) is 5.75 Å². The molecule has 2 heterocycles. The third kappa shape index (κ3) is 3.81. The van der Waals surface area contributed by atoms with Gasteiger partial charge < -0.3 is 18.8 Å². The first kappa shape index (κ1) is 20.5. The fourth-order valence-electron chi connectivity index (χ4n) is 3.95. The van der Waals surface area contributed by atoms with Crippen LogP contribution < -0.4 is 4.74 Å². The first-order valence-corrected chi connectivity index (χ1v) is 10.0. The van der Waals surface area contributed by atoms with Crippen LogP contribution in [0.3, 0.4) is 0 Å². The lowest BCUT2D eigenvalue weighted by Gasteiger charge is -2.34. The monoisotopic (exact) mass is 385 g/mol. The van der Waals surface area contributed by atoms with Gasteiger partial charge in [0, 0.05) is 35.7 Å². The molecule has 1 aromatic heterocycles. The second kappa shape index (κ2) is 8.00. The van der Waals surface area contributed by atoms with Crippen LogP contribution in [0.15, 0.2) is 16.6 Å². The van der Waals surface area contributed by atoms with Gasteiger partial charge in [0.15, 0.2) is 0 Å². The summed E-state index contributed by atoms with van der Waals surface area (Å²) in [6.45, 7) is 15.8. The van der Waals surface area contributed by atoms with Gasteiger partial charge in [-0.15, -0.1) is 0 Å². The zero-order valence-corrected chi connectivity index (χ0v) is 18.0. The fourth-order valence-corrected chi connectivity index (χ4v) is 3.95. The summed E-state index contributed by atoms with van der Waals surface area (Å²) in [7, 11) is 0. The minimum absolute atomic E-state index is 0.0137. The number of amides is 1. The topological polar surface area (TPSA) is 51.9 Å². The van der Waals surface area contributed by atoms with Crippen molar-refractivity contribution in [2.24, 2.45) is 0 Å². The molecule has 2 atom stereocenters. The van der Waals surface area contributed by atoms with E-state index in [1.54, 1.807) is 6.08 Å². The number of ether oxygens (including phenoxy) is 2. The Kier molecular flexibility index (Phi) is 5.84. The Bertz CT molecular complexity index is 915. The maximum Gasteiger partial charge on any atom is 0.247 e. The fraction of sp³-hybridized carbons (Fsp3) is 0.522. The summed E-state index contributed by atoms with van der Waals surface area (Å²) >= 11 is 0. The molecule has 1 fully saturated rings. The smallest absolute Gasteiger partial charge is 0.247 e. The van der Waals surface area contributed by atoms with Crippen LogP contribution in [0.1, 0.15) is 50.1 Å². The summed E-state index contributed by atoms with van der Waals surface area (Å²) in [5, 5.41) is 1.07. The highest BCUT2D eigenvalue weighted by Gasteiger charge is 2.25. The zero-order chi connectivity index (χ0) is 20.6. The number of carbonyl (C=O) groups excluding carboxylic acids is 1. The summed E-state index contributed by atoms with van der Waals surface area (Å²) in [4.78, 5) is 14.8. The third-order valence-corrected chi connectivity index (χ3v) is 5.43. The summed E-state index contributed by atoms with van der Waals surface area (Å²) < 4.78 is 17.7. The molecule has 0 saturated carbocycles. The van der Waals surface area contributed by atoms with Crippen LogP contribution >= 0.6 is 0 Å². The van der Waals surface area contributed by atoms with E-state index in [0.717, 1.165) is 44.7 Å². The maximum atomic E-state index is 12.9. The van der Waals surface area contributed by atoms with Gasteiger partial charge in [-0.05, 0) is 65.7 Å². The molecule has 0 bridgehead atoms. The van der Waals surface area contributed by atoms with Crippen molar-refractivity contribution in [2.45, 2.75) is 60.7 Å². The number of fused-ring (bicyclic) bond motifs is 1. The maximum absolute atomic E-state index is 12.9. The van der Waals surface area contributed by atoms with Gasteiger partial charge in [-0.25, -0.2) is 0 Å². The molecule has 28 heavy (non-hydrogen) atoms. The number of hydrogen-bond acceptors (Lipinski definition) is 4. The van der Waals surface area contributed by atoms with E-state index >= 15 is 0 Å². The Morgan fingerprint density at radius 3 is 2.46 bits per heavy atom. The van der Waals surface area contributed by atoms with Crippen molar-refractivity contribution in [3.05, 3.63) is 34.6 Å². The average Bonchev–Trinajstić information content (AvgIpc) is 2.91. The predicted octanol–water partition coefficient (Wildman–Crippen LogP) is 4.80. The Hall–Kier alpha value is -2.27. The lowest BCUT2D eigenvalue weighted by Crippen LogP contribution is -2.47. The Balaban J connectivity index is 2.03. The molecular formula is C23H31NO4. The first-order valence-electron chi connectivity index (χ1n) is 10.0. The molecule has 0 radical (unpaired) electrons. The molecule has 3 rings (SSSR count). The van der Waals surface area contributed by atoms with E-state index in [9.17, 15) is 4.79 Å². The quantitative estimate of drug-likeness (QED) is 0.710. The number of furan rings is 1. The van der Waals surface area contributed by atoms with E-state index in [0.29, 0.717) is 19.7 Å². The highest BCUT2D eigenvalue weighted by atomic mass is 16.5. The molecule has 1 aliphatic rings. The van der Waals surface area contributed by atoms with E-state index in [2.05, 4.69) is 13.0 Å². The number of aryl methyl sites for hydroxylation is 3. The van der Waals surface area contributed by atoms with Crippen molar-refractivity contribution in [3.63, 3.8) is 0 Å². The number of nitrogens with zero attached hydrogens (tertiary/aromatic N) is 1. The van der Waals surface area contributed by atoms with Crippen molar-refractivity contribution >= 4 is 22.4 Å². The number of morpholine rings is 1. The Labute approximate surface area is 167 Å². The highest BCUT2D eigenvalue weighted by molar-refractivity contribution is 5.98. The van der Waals surface area contributed by atoms with E-state index in [4.69, 9.17) is 13.9 Å². The molecule has 0 aliphatic carbocycles. The SMILES string of the molecule is CCOc1c(/C(C)=C/C(=O)N2CC(C)OC(C)C2)cc2c(C)c(C)oc2c1C. The van der Waals surface area contributed by atoms with Gasteiger partial charge in [-0.3, -0.25) is 4.79 Å². The van der Waals surface area contributed by atoms with E-state index in [1.165, 1.54) is 0 Å². The molecule has 1 aromatic carbocycles. The Morgan fingerprint density at radius 1 is 1.21 bits per heavy atom. The van der Waals surface area contributed by atoms with Crippen molar-refractivity contribution in [1.82, 2.24) is 4.90 Å². The minimum atomic E-state index is 0.0137. The first-order chi connectivity index (χ1) is 13.2. The molecule has 5 heteroatoms. The van der Waals surface area contributed by atoms with Gasteiger partial charge in [0.1, 0.15) is 17.1 Å². The van der Waals surface area contributed by atoms with Gasteiger partial charge in [0.05, 0.1) is 18.8 Å². The molecule has 1 aliphatic heterocycles. The summed E-state index contributed by atoms with van der Waals surface area (Å²) in [6, 6.07) is 2.09. The van der Waals surface area contributed by atoms with E-state index < -0.39 is 0 Å². The third-order valence-electron chi connectivity index (χ3n) is 5.43. The molecule has 5 nitrogen and oxygen atoms in total. The number of carbonyl (C=O) groups is 1. The number of benzene rings is 1. The number of rotatable bonds is 4. The normalized spacial score (nSPS) is 20.7. The van der Waals surface area contributed by atoms with Crippen LogP contribution in [-0.4, -0.2) is 42.7 Å². The lowest BCUT2D eigenvalue weighted by molar-refractivity contribution is -0.137. The second-order valence-corrected chi connectivity index (χ2v) is 7.80. The van der Waals surface area contributed by atoms with Crippen molar-refractivity contribution in [2.75, 3.05) is 19.7 Å². The second-order valence-electron chi connectivity index (χ2n) is 7.80. The van der Waals surface area contributed by atoms with Gasteiger partial charge in [-0.2, -0.15) is 0 Å².